The van der Waals surface area contributed by atoms with Crippen molar-refractivity contribution in [1.82, 2.24) is 5.43 Å². The third kappa shape index (κ3) is 5.04. The van der Waals surface area contributed by atoms with E-state index >= 15 is 0 Å². The van der Waals surface area contributed by atoms with Crippen molar-refractivity contribution >= 4 is 27.8 Å². The molecule has 0 spiro atoms. The van der Waals surface area contributed by atoms with E-state index in [0.717, 1.165) is 21.0 Å². The number of hydrazone groups is 1. The Kier molecular flexibility index (Phi) is 6.56. The van der Waals surface area contributed by atoms with Gasteiger partial charge in [0.05, 0.1) is 16.8 Å². The third-order valence-corrected chi connectivity index (χ3v) is 7.10. The largest absolute Gasteiger partial charge is 0.454 e. The van der Waals surface area contributed by atoms with Crippen molar-refractivity contribution in [3.05, 3.63) is 82.9 Å². The molecule has 1 heterocycles. The van der Waals surface area contributed by atoms with E-state index < -0.39 is 22.5 Å². The minimum atomic E-state index is -4.00. The lowest BCUT2D eigenvalue weighted by molar-refractivity contribution is -0.119. The maximum atomic E-state index is 13.5. The zero-order chi connectivity index (χ0) is 24.3. The summed E-state index contributed by atoms with van der Waals surface area (Å²) in [4.78, 5) is 12.9. The van der Waals surface area contributed by atoms with Gasteiger partial charge in [-0.1, -0.05) is 29.8 Å². The van der Waals surface area contributed by atoms with Crippen molar-refractivity contribution in [1.29, 1.82) is 0 Å². The maximum absolute atomic E-state index is 13.5. The number of amides is 1. The number of carbonyl (C=O) groups is 1. The van der Waals surface area contributed by atoms with E-state index in [1.807, 2.05) is 32.9 Å². The summed E-state index contributed by atoms with van der Waals surface area (Å²) in [6.07, 6.45) is 1.45. The third-order valence-electron chi connectivity index (χ3n) is 5.33. The first kappa shape index (κ1) is 23.3. The fourth-order valence-electron chi connectivity index (χ4n) is 3.46. The van der Waals surface area contributed by atoms with Crippen molar-refractivity contribution in [3.8, 4) is 11.5 Å². The van der Waals surface area contributed by atoms with Gasteiger partial charge < -0.3 is 9.47 Å². The molecule has 176 valence electrons. The number of nitrogens with one attached hydrogen (secondary N) is 1. The zero-order valence-electron chi connectivity index (χ0n) is 19.1. The van der Waals surface area contributed by atoms with Gasteiger partial charge in [0.25, 0.3) is 15.9 Å². The smallest absolute Gasteiger partial charge is 0.264 e. The van der Waals surface area contributed by atoms with Crippen molar-refractivity contribution in [3.63, 3.8) is 0 Å². The number of benzene rings is 3. The lowest BCUT2D eigenvalue weighted by Gasteiger charge is -2.25. The monoisotopic (exact) mass is 479 g/mol. The lowest BCUT2D eigenvalue weighted by atomic mass is 10.1. The second-order valence-electron chi connectivity index (χ2n) is 8.02. The van der Waals surface area contributed by atoms with Gasteiger partial charge in [0.1, 0.15) is 6.54 Å². The Labute approximate surface area is 198 Å². The first-order valence-corrected chi connectivity index (χ1v) is 12.1. The van der Waals surface area contributed by atoms with Gasteiger partial charge >= 0.3 is 0 Å². The molecule has 1 N–H and O–H groups in total. The molecule has 0 radical (unpaired) electrons. The number of carbonyl (C=O) groups excluding carboxylic acids is 1. The number of ether oxygens (including phenoxy) is 2. The highest BCUT2D eigenvalue weighted by molar-refractivity contribution is 7.92. The highest BCUT2D eigenvalue weighted by Gasteiger charge is 2.28. The number of anilines is 1. The highest BCUT2D eigenvalue weighted by atomic mass is 32.2. The van der Waals surface area contributed by atoms with E-state index in [1.54, 1.807) is 48.5 Å². The molecule has 0 aromatic heterocycles. The van der Waals surface area contributed by atoms with E-state index in [-0.39, 0.29) is 11.7 Å². The van der Waals surface area contributed by atoms with Crippen LogP contribution in [0.25, 0.3) is 0 Å². The predicted octanol–water partition coefficient (Wildman–Crippen LogP) is 3.69. The summed E-state index contributed by atoms with van der Waals surface area (Å²) in [5.74, 6) is 0.667. The zero-order valence-corrected chi connectivity index (χ0v) is 19.9. The van der Waals surface area contributed by atoms with Gasteiger partial charge in [-0.05, 0) is 73.9 Å². The van der Waals surface area contributed by atoms with Gasteiger partial charge in [0.2, 0.25) is 6.79 Å². The number of aryl methyl sites for hydroxylation is 3. The predicted molar refractivity (Wildman–Crippen MR) is 130 cm³/mol. The Hall–Kier alpha value is -3.85. The number of nitrogens with zero attached hydrogens (tertiary/aromatic N) is 2. The van der Waals surface area contributed by atoms with E-state index in [1.165, 1.54) is 6.21 Å². The quantitative estimate of drug-likeness (QED) is 0.412. The van der Waals surface area contributed by atoms with Crippen LogP contribution in [-0.2, 0) is 14.8 Å². The average molecular weight is 480 g/mol. The number of sulfonamides is 1. The molecule has 0 saturated heterocycles. The van der Waals surface area contributed by atoms with Gasteiger partial charge in [-0.2, -0.15) is 5.10 Å². The Morgan fingerprint density at radius 1 is 0.971 bits per heavy atom. The molecule has 1 aliphatic heterocycles. The first-order valence-electron chi connectivity index (χ1n) is 10.6. The van der Waals surface area contributed by atoms with Crippen LogP contribution in [-0.4, -0.2) is 33.9 Å². The lowest BCUT2D eigenvalue weighted by Crippen LogP contribution is -2.40. The molecule has 9 heteroatoms. The van der Waals surface area contributed by atoms with Gasteiger partial charge in [-0.25, -0.2) is 13.8 Å². The van der Waals surface area contributed by atoms with E-state index in [4.69, 9.17) is 9.47 Å². The Morgan fingerprint density at radius 3 is 2.44 bits per heavy atom. The molecule has 3 aromatic carbocycles. The minimum absolute atomic E-state index is 0.107. The number of rotatable bonds is 7. The molecule has 0 fully saturated rings. The maximum Gasteiger partial charge on any atom is 0.264 e. The summed E-state index contributed by atoms with van der Waals surface area (Å²) in [5, 5.41) is 3.98. The Bertz CT molecular complexity index is 1350. The van der Waals surface area contributed by atoms with Crippen molar-refractivity contribution in [2.45, 2.75) is 25.7 Å². The van der Waals surface area contributed by atoms with Gasteiger partial charge in [0, 0.05) is 0 Å². The van der Waals surface area contributed by atoms with Crippen molar-refractivity contribution in [2.75, 3.05) is 17.6 Å². The Balaban J connectivity index is 1.57. The SMILES string of the molecule is Cc1ccc(S(=O)(=O)N(CC(=O)N/N=C\c2ccc3c(c2)OCO3)c2cc(C)ccc2C)cc1. The molecule has 34 heavy (non-hydrogen) atoms. The topological polar surface area (TPSA) is 97.3 Å². The fraction of sp³-hybridized carbons (Fsp3) is 0.200. The summed E-state index contributed by atoms with van der Waals surface area (Å²) >= 11 is 0. The van der Waals surface area contributed by atoms with Crippen LogP contribution in [0.5, 0.6) is 11.5 Å². The molecule has 4 rings (SSSR count). The molecule has 0 aliphatic carbocycles. The highest BCUT2D eigenvalue weighted by Crippen LogP contribution is 2.32. The van der Waals surface area contributed by atoms with Crippen LogP contribution < -0.4 is 19.2 Å². The molecule has 0 saturated carbocycles. The van der Waals surface area contributed by atoms with E-state index in [9.17, 15) is 13.2 Å². The van der Waals surface area contributed by atoms with Crippen LogP contribution in [0.15, 0.2) is 70.7 Å². The van der Waals surface area contributed by atoms with Gasteiger partial charge in [-0.3, -0.25) is 9.10 Å². The number of fused-ring (bicyclic) bond motifs is 1. The van der Waals surface area contributed by atoms with Crippen LogP contribution in [0.4, 0.5) is 5.69 Å². The van der Waals surface area contributed by atoms with Crippen LogP contribution in [0.3, 0.4) is 0 Å². The first-order chi connectivity index (χ1) is 16.2. The standard InChI is InChI=1S/C25H25N3O5S/c1-17-5-9-21(10-6-17)34(30,31)28(22-12-18(2)4-7-19(22)3)15-25(29)27-26-14-20-8-11-23-24(13-20)33-16-32-23/h4-14H,15-16H2,1-3H3,(H,27,29)/b26-14-. The van der Waals surface area contributed by atoms with Crippen LogP contribution in [0, 0.1) is 20.8 Å². The van der Waals surface area contributed by atoms with Gasteiger partial charge in [-0.15, -0.1) is 0 Å². The summed E-state index contributed by atoms with van der Waals surface area (Å²) in [6, 6.07) is 17.3. The second-order valence-corrected chi connectivity index (χ2v) is 9.88. The minimum Gasteiger partial charge on any atom is -0.454 e. The number of hydrogen-bond donors (Lipinski definition) is 1. The second kappa shape index (κ2) is 9.56. The van der Waals surface area contributed by atoms with E-state index in [2.05, 4.69) is 10.5 Å². The van der Waals surface area contributed by atoms with E-state index in [0.29, 0.717) is 22.7 Å². The normalized spacial score (nSPS) is 12.7. The number of hydrogen-bond acceptors (Lipinski definition) is 6. The van der Waals surface area contributed by atoms with Crippen LogP contribution >= 0.6 is 0 Å². The van der Waals surface area contributed by atoms with Crippen molar-refractivity contribution < 1.29 is 22.7 Å². The fourth-order valence-corrected chi connectivity index (χ4v) is 4.94. The Morgan fingerprint density at radius 2 is 1.68 bits per heavy atom. The van der Waals surface area contributed by atoms with Crippen molar-refractivity contribution in [2.24, 2.45) is 5.10 Å². The van der Waals surface area contributed by atoms with Crippen LogP contribution in [0.1, 0.15) is 22.3 Å². The molecule has 1 aliphatic rings. The molecular weight excluding hydrogens is 454 g/mol. The summed E-state index contributed by atoms with van der Waals surface area (Å²) in [5.41, 5.74) is 6.11. The average Bonchev–Trinajstić information content (AvgIpc) is 3.27. The molecule has 8 nitrogen and oxygen atoms in total. The van der Waals surface area contributed by atoms with Crippen LogP contribution in [0.2, 0.25) is 0 Å². The summed E-state index contributed by atoms with van der Waals surface area (Å²) < 4.78 is 38.8. The molecule has 3 aromatic rings. The molecule has 0 bridgehead atoms. The molecular formula is C25H25N3O5S. The molecule has 1 amide bonds. The molecule has 0 atom stereocenters. The van der Waals surface area contributed by atoms with Gasteiger partial charge in [0.15, 0.2) is 11.5 Å². The molecule has 0 unspecified atom stereocenters. The summed E-state index contributed by atoms with van der Waals surface area (Å²) in [7, 11) is -4.00. The summed E-state index contributed by atoms with van der Waals surface area (Å²) in [6.45, 7) is 5.29.